The number of hydrogen-bond acceptors (Lipinski definition) is 3. The van der Waals surface area contributed by atoms with Crippen molar-refractivity contribution in [1.29, 1.82) is 0 Å². The van der Waals surface area contributed by atoms with E-state index < -0.39 is 4.92 Å². The van der Waals surface area contributed by atoms with Crippen LogP contribution in [0.25, 0.3) is 0 Å². The van der Waals surface area contributed by atoms with E-state index in [1.54, 1.807) is 19.1 Å². The van der Waals surface area contributed by atoms with Gasteiger partial charge in [-0.3, -0.25) is 14.9 Å². The number of nitro benzene ring substituents is 1. The number of rotatable bonds is 5. The Hall–Kier alpha value is -1.62. The highest BCUT2D eigenvalue weighted by atomic mass is 35.5. The number of amides is 1. The molecule has 1 unspecified atom stereocenters. The minimum absolute atomic E-state index is 0.0541. The zero-order chi connectivity index (χ0) is 13.7. The van der Waals surface area contributed by atoms with Crippen molar-refractivity contribution in [2.75, 3.05) is 5.88 Å². The maximum absolute atomic E-state index is 11.9. The third kappa shape index (κ3) is 3.43. The Bertz CT molecular complexity index is 459. The van der Waals surface area contributed by atoms with E-state index in [0.29, 0.717) is 17.9 Å². The van der Waals surface area contributed by atoms with Crippen LogP contribution in [0.2, 0.25) is 0 Å². The van der Waals surface area contributed by atoms with Gasteiger partial charge in [-0.15, -0.1) is 11.6 Å². The zero-order valence-electron chi connectivity index (χ0n) is 10.3. The molecule has 1 N–H and O–H groups in total. The van der Waals surface area contributed by atoms with Gasteiger partial charge in [-0.25, -0.2) is 0 Å². The van der Waals surface area contributed by atoms with Crippen LogP contribution in [0.1, 0.15) is 29.3 Å². The number of nitro groups is 1. The normalized spacial score (nSPS) is 11.9. The fourth-order valence-electron chi connectivity index (χ4n) is 1.47. The summed E-state index contributed by atoms with van der Waals surface area (Å²) in [6.07, 6.45) is 0.712. The Labute approximate surface area is 110 Å². The van der Waals surface area contributed by atoms with Gasteiger partial charge in [0.1, 0.15) is 0 Å². The zero-order valence-corrected chi connectivity index (χ0v) is 11.0. The lowest BCUT2D eigenvalue weighted by Crippen LogP contribution is -2.35. The Kier molecular flexibility index (Phi) is 5.09. The lowest BCUT2D eigenvalue weighted by Gasteiger charge is -2.13. The first-order valence-corrected chi connectivity index (χ1v) is 6.14. The fourth-order valence-corrected chi connectivity index (χ4v) is 1.76. The molecule has 0 bridgehead atoms. The first kappa shape index (κ1) is 14.4. The number of hydrogen-bond donors (Lipinski definition) is 1. The van der Waals surface area contributed by atoms with Crippen molar-refractivity contribution in [1.82, 2.24) is 5.32 Å². The summed E-state index contributed by atoms with van der Waals surface area (Å²) in [5.41, 5.74) is 0.748. The summed E-state index contributed by atoms with van der Waals surface area (Å²) in [4.78, 5) is 22.2. The SMILES string of the molecule is CCC(CCl)NC(=O)c1ccc(C)c([N+](=O)[O-])c1. The summed E-state index contributed by atoms with van der Waals surface area (Å²) in [6.45, 7) is 3.54. The predicted molar refractivity (Wildman–Crippen MR) is 70.1 cm³/mol. The second kappa shape index (κ2) is 6.35. The van der Waals surface area contributed by atoms with Crippen LogP contribution in [-0.2, 0) is 0 Å². The first-order valence-electron chi connectivity index (χ1n) is 5.61. The average Bonchev–Trinajstić information content (AvgIpc) is 2.35. The van der Waals surface area contributed by atoms with Crippen LogP contribution in [0, 0.1) is 17.0 Å². The van der Waals surface area contributed by atoms with Crippen LogP contribution in [0.5, 0.6) is 0 Å². The van der Waals surface area contributed by atoms with Crippen LogP contribution < -0.4 is 5.32 Å². The summed E-state index contributed by atoms with van der Waals surface area (Å²) in [5, 5.41) is 13.5. The third-order valence-corrected chi connectivity index (χ3v) is 3.05. The van der Waals surface area contributed by atoms with Gasteiger partial charge in [0.2, 0.25) is 0 Å². The Balaban J connectivity index is 2.93. The molecule has 1 atom stereocenters. The maximum atomic E-state index is 11.9. The molecule has 18 heavy (non-hydrogen) atoms. The summed E-state index contributed by atoms with van der Waals surface area (Å²) < 4.78 is 0. The van der Waals surface area contributed by atoms with Crippen molar-refractivity contribution in [2.24, 2.45) is 0 Å². The van der Waals surface area contributed by atoms with E-state index in [1.165, 1.54) is 6.07 Å². The van der Waals surface area contributed by atoms with Gasteiger partial charge in [-0.1, -0.05) is 13.0 Å². The van der Waals surface area contributed by atoms with Crippen LogP contribution in [0.15, 0.2) is 18.2 Å². The van der Waals surface area contributed by atoms with E-state index in [2.05, 4.69) is 5.32 Å². The van der Waals surface area contributed by atoms with Crippen molar-refractivity contribution < 1.29 is 9.72 Å². The molecule has 0 fully saturated rings. The number of halogens is 1. The van der Waals surface area contributed by atoms with Crippen LogP contribution in [0.4, 0.5) is 5.69 Å². The number of alkyl halides is 1. The van der Waals surface area contributed by atoms with Gasteiger partial charge in [0.25, 0.3) is 11.6 Å². The number of nitrogens with zero attached hydrogens (tertiary/aromatic N) is 1. The lowest BCUT2D eigenvalue weighted by atomic mass is 10.1. The van der Waals surface area contributed by atoms with Crippen molar-refractivity contribution >= 4 is 23.2 Å². The molecule has 0 aliphatic carbocycles. The monoisotopic (exact) mass is 270 g/mol. The smallest absolute Gasteiger partial charge is 0.273 e. The molecule has 0 saturated heterocycles. The number of nitrogens with one attached hydrogen (secondary N) is 1. The average molecular weight is 271 g/mol. The molecule has 0 aliphatic heterocycles. The van der Waals surface area contributed by atoms with Crippen LogP contribution in [-0.4, -0.2) is 22.8 Å². The molecule has 0 saturated carbocycles. The van der Waals surface area contributed by atoms with E-state index in [9.17, 15) is 14.9 Å². The maximum Gasteiger partial charge on any atom is 0.273 e. The number of carbonyl (C=O) groups is 1. The van der Waals surface area contributed by atoms with E-state index >= 15 is 0 Å². The number of aryl methyl sites for hydroxylation is 1. The molecular weight excluding hydrogens is 256 g/mol. The fraction of sp³-hybridized carbons (Fsp3) is 0.417. The number of benzene rings is 1. The Morgan fingerprint density at radius 3 is 2.72 bits per heavy atom. The van der Waals surface area contributed by atoms with Gasteiger partial charge >= 0.3 is 0 Å². The molecule has 0 aliphatic rings. The van der Waals surface area contributed by atoms with Crippen LogP contribution in [0.3, 0.4) is 0 Å². The Morgan fingerprint density at radius 1 is 1.56 bits per heavy atom. The van der Waals surface area contributed by atoms with E-state index in [4.69, 9.17) is 11.6 Å². The Morgan fingerprint density at radius 2 is 2.22 bits per heavy atom. The molecule has 1 rings (SSSR count). The van der Waals surface area contributed by atoms with Gasteiger partial charge in [0.05, 0.1) is 4.92 Å². The quantitative estimate of drug-likeness (QED) is 0.508. The molecule has 98 valence electrons. The second-order valence-electron chi connectivity index (χ2n) is 3.99. The molecular formula is C12H15ClN2O3. The van der Waals surface area contributed by atoms with Gasteiger partial charge in [0.15, 0.2) is 0 Å². The molecule has 0 radical (unpaired) electrons. The van der Waals surface area contributed by atoms with Gasteiger partial charge in [0, 0.05) is 29.1 Å². The third-order valence-electron chi connectivity index (χ3n) is 2.68. The molecule has 0 heterocycles. The molecule has 0 spiro atoms. The molecule has 6 heteroatoms. The first-order chi connectivity index (χ1) is 8.49. The number of carbonyl (C=O) groups excluding carboxylic acids is 1. The van der Waals surface area contributed by atoms with Crippen molar-refractivity contribution in [3.63, 3.8) is 0 Å². The van der Waals surface area contributed by atoms with Gasteiger partial charge in [-0.2, -0.15) is 0 Å². The van der Waals surface area contributed by atoms with E-state index in [1.807, 2.05) is 6.92 Å². The second-order valence-corrected chi connectivity index (χ2v) is 4.30. The largest absolute Gasteiger partial charge is 0.348 e. The van der Waals surface area contributed by atoms with Gasteiger partial charge < -0.3 is 5.32 Å². The topological polar surface area (TPSA) is 72.2 Å². The standard InChI is InChI=1S/C12H15ClN2O3/c1-3-10(7-13)14-12(16)9-5-4-8(2)11(6-9)15(17)18/h4-6,10H,3,7H2,1-2H3,(H,14,16). The molecule has 1 amide bonds. The van der Waals surface area contributed by atoms with Gasteiger partial charge in [-0.05, 0) is 19.4 Å². The summed E-state index contributed by atoms with van der Waals surface area (Å²) in [5.74, 6) is -0.0264. The predicted octanol–water partition coefficient (Wildman–Crippen LogP) is 2.65. The highest BCUT2D eigenvalue weighted by Crippen LogP contribution is 2.19. The molecule has 5 nitrogen and oxygen atoms in total. The van der Waals surface area contributed by atoms with Crippen molar-refractivity contribution in [3.8, 4) is 0 Å². The van der Waals surface area contributed by atoms with Crippen LogP contribution >= 0.6 is 11.6 Å². The minimum Gasteiger partial charge on any atom is -0.348 e. The minimum atomic E-state index is -0.495. The summed E-state index contributed by atoms with van der Waals surface area (Å²) in [7, 11) is 0. The molecule has 1 aromatic carbocycles. The molecule has 0 aromatic heterocycles. The van der Waals surface area contributed by atoms with Crippen molar-refractivity contribution in [3.05, 3.63) is 39.4 Å². The molecule has 1 aromatic rings. The summed E-state index contributed by atoms with van der Waals surface area (Å²) in [6, 6.07) is 4.29. The van der Waals surface area contributed by atoms with E-state index in [0.717, 1.165) is 0 Å². The highest BCUT2D eigenvalue weighted by Gasteiger charge is 2.16. The lowest BCUT2D eigenvalue weighted by molar-refractivity contribution is -0.385. The summed E-state index contributed by atoms with van der Waals surface area (Å²) >= 11 is 5.68. The van der Waals surface area contributed by atoms with E-state index in [-0.39, 0.29) is 23.2 Å². The highest BCUT2D eigenvalue weighted by molar-refractivity contribution is 6.18. The van der Waals surface area contributed by atoms with Crippen molar-refractivity contribution in [2.45, 2.75) is 26.3 Å².